The molecule has 0 atom stereocenters. The van der Waals surface area contributed by atoms with E-state index < -0.39 is 21.8 Å². The Labute approximate surface area is 199 Å². The fourth-order valence-corrected chi connectivity index (χ4v) is 0.670. The second kappa shape index (κ2) is 16.6. The van der Waals surface area contributed by atoms with Gasteiger partial charge in [-0.1, -0.05) is 12.1 Å². The maximum absolute atomic E-state index is 8.67. The Hall–Kier alpha value is 2.23. The van der Waals surface area contributed by atoms with Crippen molar-refractivity contribution in [3.8, 4) is 0 Å². The minimum Gasteiger partial charge on any atom is -0.759 e. The van der Waals surface area contributed by atoms with Crippen LogP contribution in [-0.2, 0) is 21.8 Å². The van der Waals surface area contributed by atoms with E-state index in [9.17, 15) is 0 Å². The molecule has 8 nitrogen and oxygen atoms in total. The summed E-state index contributed by atoms with van der Waals surface area (Å²) in [7, 11) is -5.17. The molecule has 1 aromatic carbocycles. The number of rotatable bonds is 0. The molecule has 12 heteroatoms. The molecular formula is C7H11K2NO7S2. The number of hydrogen-bond donors (Lipinski definition) is 3. The van der Waals surface area contributed by atoms with Crippen molar-refractivity contribution >= 4 is 27.4 Å². The summed E-state index contributed by atoms with van der Waals surface area (Å²) in [5.41, 5.74) is 7.51. The first-order chi connectivity index (χ1) is 7.52. The predicted octanol–water partition coefficient (Wildman–Crippen LogP) is -6.07. The number of nitrogens with two attached hydrogens (primary N) is 1. The van der Waals surface area contributed by atoms with Crippen LogP contribution in [0.3, 0.4) is 0 Å². The van der Waals surface area contributed by atoms with Crippen LogP contribution in [0, 0.1) is 6.92 Å². The summed E-state index contributed by atoms with van der Waals surface area (Å²) < 4.78 is 56.9. The molecule has 0 saturated carbocycles. The summed E-state index contributed by atoms with van der Waals surface area (Å²) in [4.78, 5) is 0. The van der Waals surface area contributed by atoms with Crippen molar-refractivity contribution in [1.82, 2.24) is 0 Å². The average Bonchev–Trinajstić information content (AvgIpc) is 1.97. The Morgan fingerprint density at radius 1 is 1.21 bits per heavy atom. The smallest absolute Gasteiger partial charge is 0.759 e. The first-order valence-corrected chi connectivity index (χ1v) is 6.21. The van der Waals surface area contributed by atoms with Crippen LogP contribution in [0.25, 0.3) is 0 Å². The maximum atomic E-state index is 8.67. The van der Waals surface area contributed by atoms with Crippen LogP contribution in [0.15, 0.2) is 24.3 Å². The van der Waals surface area contributed by atoms with E-state index in [1.54, 1.807) is 0 Å². The van der Waals surface area contributed by atoms with E-state index in [0.29, 0.717) is 0 Å². The van der Waals surface area contributed by atoms with Crippen LogP contribution in [0.1, 0.15) is 5.56 Å². The van der Waals surface area contributed by atoms with Crippen molar-refractivity contribution in [2.24, 2.45) is 0 Å². The van der Waals surface area contributed by atoms with Crippen molar-refractivity contribution in [2.75, 3.05) is 5.73 Å². The minimum atomic E-state index is -5.17. The molecule has 0 heterocycles. The molecule has 0 aliphatic heterocycles. The molecule has 0 unspecified atom stereocenters. The van der Waals surface area contributed by atoms with Crippen molar-refractivity contribution < 1.29 is 134 Å². The molecule has 0 amide bonds. The fraction of sp³-hybridized carbons (Fsp3) is 0.143. The Bertz CT molecular complexity index is 425. The van der Waals surface area contributed by atoms with Crippen LogP contribution >= 0.6 is 0 Å². The monoisotopic (exact) mass is 363 g/mol. The van der Waals surface area contributed by atoms with Gasteiger partial charge in [-0.15, -0.1) is 0 Å². The third kappa shape index (κ3) is 44.9. The van der Waals surface area contributed by atoms with E-state index >= 15 is 0 Å². The van der Waals surface area contributed by atoms with Gasteiger partial charge >= 0.3 is 103 Å². The molecule has 0 radical (unpaired) electrons. The molecule has 1 rings (SSSR count). The van der Waals surface area contributed by atoms with Crippen LogP contribution in [0.5, 0.6) is 0 Å². The zero-order chi connectivity index (χ0) is 14.1. The number of hydrogen-bond acceptors (Lipinski definition) is 6. The van der Waals surface area contributed by atoms with Gasteiger partial charge in [-0.3, -0.25) is 17.5 Å². The second-order valence-corrected chi connectivity index (χ2v) is 3.83. The summed E-state index contributed by atoms with van der Waals surface area (Å²) >= 11 is -2.61. The van der Waals surface area contributed by atoms with Gasteiger partial charge in [0.1, 0.15) is 0 Å². The van der Waals surface area contributed by atoms with Gasteiger partial charge in [-0.25, -0.2) is 0 Å². The molecule has 100 valence electrons. The molecule has 4 N–H and O–H groups in total. The van der Waals surface area contributed by atoms with Crippen LogP contribution in [0.4, 0.5) is 5.69 Å². The quantitative estimate of drug-likeness (QED) is 0.135. The molecule has 0 aromatic heterocycles. The molecule has 0 saturated heterocycles. The average molecular weight is 363 g/mol. The first-order valence-electron chi connectivity index (χ1n) is 3.81. The Kier molecular flexibility index (Phi) is 25.6. The number of aryl methyl sites for hydroxylation is 1. The Morgan fingerprint density at radius 3 is 1.68 bits per heavy atom. The summed E-state index contributed by atoms with van der Waals surface area (Å²) in [5.74, 6) is 0. The van der Waals surface area contributed by atoms with E-state index in [4.69, 9.17) is 36.6 Å². The van der Waals surface area contributed by atoms with Gasteiger partial charge in [0.2, 0.25) is 0 Å². The van der Waals surface area contributed by atoms with Crippen molar-refractivity contribution in [3.05, 3.63) is 29.8 Å². The van der Waals surface area contributed by atoms with Gasteiger partial charge in [0, 0.05) is 16.1 Å². The topological polar surface area (TPSA) is 164 Å². The molecule has 0 fully saturated rings. The Balaban J connectivity index is -0.0000000910. The number of anilines is 1. The maximum Gasteiger partial charge on any atom is 1.00 e. The van der Waals surface area contributed by atoms with Gasteiger partial charge < -0.3 is 14.8 Å². The summed E-state index contributed by atoms with van der Waals surface area (Å²) in [6.07, 6.45) is 0. The van der Waals surface area contributed by atoms with E-state index in [2.05, 4.69) is 0 Å². The van der Waals surface area contributed by atoms with E-state index in [1.807, 2.05) is 31.2 Å². The van der Waals surface area contributed by atoms with E-state index in [0.717, 1.165) is 5.69 Å². The number of benzene rings is 1. The zero-order valence-electron chi connectivity index (χ0n) is 10.6. The molecule has 0 spiro atoms. The fourth-order valence-electron chi connectivity index (χ4n) is 0.670. The summed E-state index contributed by atoms with van der Waals surface area (Å²) in [6.45, 7) is 2.02. The standard InChI is InChI=1S/C7H9N.2K.H2O4S.H2O3S/c1-6-3-2-4-7(8)5-6;;;1-5(2,3)4;1-4(2)3/h2-5H,8H2,1H3;;;(H2,1,2,3,4);(H2,1,2,3)/q;2*+1;;/p-2. The van der Waals surface area contributed by atoms with E-state index in [-0.39, 0.29) is 103 Å². The van der Waals surface area contributed by atoms with Crippen LogP contribution in [-0.4, -0.2) is 30.8 Å². The molecule has 1 aromatic rings. The van der Waals surface area contributed by atoms with Gasteiger partial charge in [-0.05, 0) is 24.6 Å². The normalized spacial score (nSPS) is 8.74. The van der Waals surface area contributed by atoms with Crippen LogP contribution in [0.2, 0.25) is 0 Å². The van der Waals surface area contributed by atoms with Crippen molar-refractivity contribution in [3.63, 3.8) is 0 Å². The van der Waals surface area contributed by atoms with Crippen molar-refractivity contribution in [1.29, 1.82) is 0 Å². The molecule has 0 aliphatic rings. The van der Waals surface area contributed by atoms with Gasteiger partial charge in [-0.2, -0.15) is 4.21 Å². The second-order valence-electron chi connectivity index (χ2n) is 2.55. The predicted molar refractivity (Wildman–Crippen MR) is 59.5 cm³/mol. The van der Waals surface area contributed by atoms with Crippen LogP contribution < -0.4 is 109 Å². The van der Waals surface area contributed by atoms with Gasteiger partial charge in [0.15, 0.2) is 0 Å². The third-order valence-electron chi connectivity index (χ3n) is 1.04. The van der Waals surface area contributed by atoms with Gasteiger partial charge in [0.05, 0.1) is 0 Å². The zero-order valence-corrected chi connectivity index (χ0v) is 18.5. The third-order valence-corrected chi connectivity index (χ3v) is 1.04. The molecular weight excluding hydrogens is 352 g/mol. The SMILES string of the molecule is Cc1cccc(N)c1.O=S(=O)([O-])[O-].O=S(O)O.[K+].[K+]. The molecule has 19 heavy (non-hydrogen) atoms. The molecule has 0 aliphatic carbocycles. The summed E-state index contributed by atoms with van der Waals surface area (Å²) in [6, 6.07) is 7.80. The Morgan fingerprint density at radius 2 is 1.53 bits per heavy atom. The summed E-state index contributed by atoms with van der Waals surface area (Å²) in [5, 5.41) is 0. The first kappa shape index (κ1) is 29.3. The largest absolute Gasteiger partial charge is 1.00 e. The van der Waals surface area contributed by atoms with E-state index in [1.165, 1.54) is 5.56 Å². The number of nitrogen functional groups attached to an aromatic ring is 1. The van der Waals surface area contributed by atoms with Gasteiger partial charge in [0.25, 0.3) is 11.4 Å². The minimum absolute atomic E-state index is 0. The van der Waals surface area contributed by atoms with Crippen molar-refractivity contribution in [2.45, 2.75) is 6.92 Å². The molecule has 0 bridgehead atoms.